The van der Waals surface area contributed by atoms with Crippen molar-refractivity contribution in [3.63, 3.8) is 0 Å². The lowest BCUT2D eigenvalue weighted by Gasteiger charge is -2.15. The van der Waals surface area contributed by atoms with Crippen LogP contribution in [0, 0.1) is 6.92 Å². The van der Waals surface area contributed by atoms with Gasteiger partial charge in [0.2, 0.25) is 0 Å². The van der Waals surface area contributed by atoms with Gasteiger partial charge in [-0.25, -0.2) is 4.98 Å². The summed E-state index contributed by atoms with van der Waals surface area (Å²) in [7, 11) is 1.88. The van der Waals surface area contributed by atoms with Crippen LogP contribution in [0.3, 0.4) is 0 Å². The molecule has 0 unspecified atom stereocenters. The highest BCUT2D eigenvalue weighted by Gasteiger charge is 2.05. The van der Waals surface area contributed by atoms with Gasteiger partial charge in [-0.1, -0.05) is 0 Å². The summed E-state index contributed by atoms with van der Waals surface area (Å²) in [6, 6.07) is 0. The number of hydrogen-bond acceptors (Lipinski definition) is 3. The molecule has 0 bridgehead atoms. The van der Waals surface area contributed by atoms with Gasteiger partial charge in [0.25, 0.3) is 0 Å². The minimum absolute atomic E-state index is 0.419. The fraction of sp³-hybridized carbons (Fsp3) is 0.429. The molecule has 0 saturated heterocycles. The highest BCUT2D eigenvalue weighted by Crippen LogP contribution is 2.13. The molecule has 1 aromatic heterocycles. The van der Waals surface area contributed by atoms with E-state index in [1.165, 1.54) is 4.88 Å². The van der Waals surface area contributed by atoms with Gasteiger partial charge in [-0.2, -0.15) is 0 Å². The Morgan fingerprint density at radius 2 is 2.50 bits per heavy atom. The second kappa shape index (κ2) is 3.82. The Morgan fingerprint density at radius 3 is 2.92 bits per heavy atom. The summed E-state index contributed by atoms with van der Waals surface area (Å²) in [5, 5.41) is 0.419. The number of thiocarbonyl (C=S) groups is 1. The van der Waals surface area contributed by atoms with Crippen LogP contribution in [-0.2, 0) is 6.54 Å². The third-order valence-electron chi connectivity index (χ3n) is 1.60. The van der Waals surface area contributed by atoms with E-state index in [1.807, 2.05) is 24.4 Å². The molecule has 5 heteroatoms. The summed E-state index contributed by atoms with van der Waals surface area (Å²) in [6.07, 6.45) is 0. The average molecular weight is 201 g/mol. The average Bonchev–Trinajstić information content (AvgIpc) is 2.36. The van der Waals surface area contributed by atoms with Gasteiger partial charge < -0.3 is 10.6 Å². The Hall–Kier alpha value is -0.680. The maximum Gasteiger partial charge on any atom is 0.166 e. The van der Waals surface area contributed by atoms with Gasteiger partial charge >= 0.3 is 0 Å². The fourth-order valence-electron chi connectivity index (χ4n) is 0.771. The van der Waals surface area contributed by atoms with Crippen LogP contribution in [0.5, 0.6) is 0 Å². The Morgan fingerprint density at radius 1 is 1.83 bits per heavy atom. The van der Waals surface area contributed by atoms with Crippen LogP contribution in [0.4, 0.5) is 0 Å². The zero-order valence-corrected chi connectivity index (χ0v) is 8.71. The number of nitrogens with two attached hydrogens (primary N) is 1. The molecule has 3 nitrogen and oxygen atoms in total. The summed E-state index contributed by atoms with van der Waals surface area (Å²) in [6.45, 7) is 2.74. The lowest BCUT2D eigenvalue weighted by molar-refractivity contribution is 0.508. The molecule has 0 aliphatic rings. The molecule has 0 aromatic carbocycles. The molecule has 0 spiro atoms. The Balaban J connectivity index is 2.64. The predicted octanol–water partition coefficient (Wildman–Crippen LogP) is 1.13. The van der Waals surface area contributed by atoms with E-state index in [0.29, 0.717) is 5.11 Å². The minimum Gasteiger partial charge on any atom is -0.376 e. The van der Waals surface area contributed by atoms with Crippen molar-refractivity contribution in [2.24, 2.45) is 5.73 Å². The molecule has 0 saturated carbocycles. The first kappa shape index (κ1) is 9.41. The molecule has 0 fully saturated rings. The lowest BCUT2D eigenvalue weighted by atomic mass is 10.4. The largest absolute Gasteiger partial charge is 0.376 e. The van der Waals surface area contributed by atoms with Gasteiger partial charge in [0.15, 0.2) is 5.11 Å². The van der Waals surface area contributed by atoms with E-state index in [0.717, 1.165) is 12.2 Å². The first-order valence-corrected chi connectivity index (χ1v) is 4.79. The third kappa shape index (κ3) is 2.15. The van der Waals surface area contributed by atoms with E-state index < -0.39 is 0 Å². The van der Waals surface area contributed by atoms with Crippen LogP contribution < -0.4 is 5.73 Å². The second-order valence-electron chi connectivity index (χ2n) is 2.56. The number of hydrogen-bond donors (Lipinski definition) is 1. The molecule has 1 rings (SSSR count). The van der Waals surface area contributed by atoms with Gasteiger partial charge in [0.05, 0.1) is 17.7 Å². The summed E-state index contributed by atoms with van der Waals surface area (Å²) < 4.78 is 0. The number of nitrogens with zero attached hydrogens (tertiary/aromatic N) is 2. The van der Waals surface area contributed by atoms with Gasteiger partial charge in [-0.05, 0) is 19.1 Å². The molecule has 1 heterocycles. The maximum atomic E-state index is 5.44. The molecular weight excluding hydrogens is 190 g/mol. The summed E-state index contributed by atoms with van der Waals surface area (Å²) in [5.41, 5.74) is 8.33. The lowest BCUT2D eigenvalue weighted by Crippen LogP contribution is -2.30. The van der Waals surface area contributed by atoms with E-state index in [4.69, 9.17) is 18.0 Å². The molecule has 0 radical (unpaired) electrons. The molecule has 0 aliphatic carbocycles. The first-order chi connectivity index (χ1) is 5.61. The smallest absolute Gasteiger partial charge is 0.166 e. The molecule has 0 amide bonds. The summed E-state index contributed by atoms with van der Waals surface area (Å²) >= 11 is 6.45. The van der Waals surface area contributed by atoms with Crippen LogP contribution in [-0.4, -0.2) is 22.0 Å². The highest BCUT2D eigenvalue weighted by atomic mass is 32.1. The molecule has 2 N–H and O–H groups in total. The first-order valence-electron chi connectivity index (χ1n) is 3.51. The van der Waals surface area contributed by atoms with Gasteiger partial charge in [-0.15, -0.1) is 11.3 Å². The highest BCUT2D eigenvalue weighted by molar-refractivity contribution is 7.80. The van der Waals surface area contributed by atoms with Crippen LogP contribution >= 0.6 is 23.6 Å². The van der Waals surface area contributed by atoms with Crippen molar-refractivity contribution < 1.29 is 0 Å². The SMILES string of the molecule is Cc1ncsc1CN(C)C(N)=S. The van der Waals surface area contributed by atoms with Crippen LogP contribution in [0.15, 0.2) is 5.51 Å². The van der Waals surface area contributed by atoms with Gasteiger partial charge in [-0.3, -0.25) is 0 Å². The normalized spacial score (nSPS) is 9.83. The molecule has 0 aliphatic heterocycles. The molecule has 66 valence electrons. The van der Waals surface area contributed by atoms with E-state index in [2.05, 4.69) is 4.98 Å². The van der Waals surface area contributed by atoms with E-state index in [9.17, 15) is 0 Å². The summed E-state index contributed by atoms with van der Waals surface area (Å²) in [5.74, 6) is 0. The van der Waals surface area contributed by atoms with Crippen molar-refractivity contribution in [3.8, 4) is 0 Å². The van der Waals surface area contributed by atoms with Crippen molar-refractivity contribution in [2.45, 2.75) is 13.5 Å². The topological polar surface area (TPSA) is 42.2 Å². The minimum atomic E-state index is 0.419. The third-order valence-corrected chi connectivity index (χ3v) is 2.83. The van der Waals surface area contributed by atoms with E-state index in [1.54, 1.807) is 11.3 Å². The quantitative estimate of drug-likeness (QED) is 0.728. The number of rotatable bonds is 2. The van der Waals surface area contributed by atoms with E-state index >= 15 is 0 Å². The zero-order chi connectivity index (χ0) is 9.14. The summed E-state index contributed by atoms with van der Waals surface area (Å²) in [4.78, 5) is 7.18. The fourth-order valence-corrected chi connectivity index (χ4v) is 1.67. The standard InChI is InChI=1S/C7H11N3S2/c1-5-6(12-4-9-5)3-10(2)7(8)11/h4H,3H2,1-2H3,(H2,8,11). The number of aromatic nitrogens is 1. The van der Waals surface area contributed by atoms with Crippen molar-refractivity contribution in [2.75, 3.05) is 7.05 Å². The van der Waals surface area contributed by atoms with Gasteiger partial charge in [0.1, 0.15) is 0 Å². The molecule has 0 atom stereocenters. The number of aryl methyl sites for hydroxylation is 1. The van der Waals surface area contributed by atoms with Crippen molar-refractivity contribution >= 4 is 28.7 Å². The van der Waals surface area contributed by atoms with Gasteiger partial charge in [0, 0.05) is 11.9 Å². The van der Waals surface area contributed by atoms with Crippen molar-refractivity contribution in [1.29, 1.82) is 0 Å². The zero-order valence-electron chi connectivity index (χ0n) is 7.07. The van der Waals surface area contributed by atoms with Crippen molar-refractivity contribution in [1.82, 2.24) is 9.88 Å². The Labute approximate surface area is 81.2 Å². The van der Waals surface area contributed by atoms with Crippen LogP contribution in [0.2, 0.25) is 0 Å². The Kier molecular flexibility index (Phi) is 2.99. The monoisotopic (exact) mass is 201 g/mol. The van der Waals surface area contributed by atoms with E-state index in [-0.39, 0.29) is 0 Å². The van der Waals surface area contributed by atoms with Crippen molar-refractivity contribution in [3.05, 3.63) is 16.1 Å². The molecule has 1 aromatic rings. The molecular formula is C7H11N3S2. The number of thiazole rings is 1. The second-order valence-corrected chi connectivity index (χ2v) is 3.91. The predicted molar refractivity (Wildman–Crippen MR) is 55.1 cm³/mol. The maximum absolute atomic E-state index is 5.44. The Bertz CT molecular complexity index is 282. The van der Waals surface area contributed by atoms with Crippen LogP contribution in [0.1, 0.15) is 10.6 Å². The molecule has 12 heavy (non-hydrogen) atoms. The van der Waals surface area contributed by atoms with Crippen LogP contribution in [0.25, 0.3) is 0 Å².